The molecular weight excluding hydrogens is 764 g/mol. The van der Waals surface area contributed by atoms with E-state index in [9.17, 15) is 9.59 Å². The van der Waals surface area contributed by atoms with Crippen LogP contribution >= 0.6 is 34.6 Å². The lowest BCUT2D eigenvalue weighted by Gasteiger charge is -2.42. The van der Waals surface area contributed by atoms with Gasteiger partial charge < -0.3 is 20.1 Å². The molecule has 4 aromatic rings. The van der Waals surface area contributed by atoms with Crippen LogP contribution in [0.4, 0.5) is 11.4 Å². The molecule has 2 amide bonds. The first-order valence-corrected chi connectivity index (χ1v) is 24.5. The number of benzene rings is 3. The molecular formula is C43H57ClN4O4S2Si. The zero-order valence-corrected chi connectivity index (χ0v) is 36.7. The summed E-state index contributed by atoms with van der Waals surface area (Å²) in [5.41, 5.74) is 5.77. The summed E-state index contributed by atoms with van der Waals surface area (Å²) >= 11 is 10.2. The smallest absolute Gasteiger partial charge is 0.227 e. The number of nitrogens with one attached hydrogen (secondary N) is 2. The summed E-state index contributed by atoms with van der Waals surface area (Å²) in [6, 6.07) is 24.3. The van der Waals surface area contributed by atoms with Gasteiger partial charge in [0.15, 0.2) is 0 Å². The van der Waals surface area contributed by atoms with Crippen LogP contribution in [-0.2, 0) is 26.1 Å². The minimum absolute atomic E-state index is 0.0263. The number of aryl methyl sites for hydroxylation is 1. The van der Waals surface area contributed by atoms with E-state index in [0.717, 1.165) is 58.1 Å². The lowest BCUT2D eigenvalue weighted by Crippen LogP contribution is -2.40. The third-order valence-corrected chi connectivity index (χ3v) is 24.2. The molecule has 55 heavy (non-hydrogen) atoms. The predicted molar refractivity (Wildman–Crippen MR) is 232 cm³/mol. The molecule has 8 nitrogen and oxygen atoms in total. The maximum Gasteiger partial charge on any atom is 0.227 e. The molecule has 2 aliphatic heterocycles. The Bertz CT molecular complexity index is 1850. The van der Waals surface area contributed by atoms with Gasteiger partial charge in [-0.3, -0.25) is 14.3 Å². The number of hydrogen-bond donors (Lipinski definition) is 2. The average Bonchev–Trinajstić information content (AvgIpc) is 3.60. The SMILES string of the molecule is CC(C)[Si](Sc1cccc(NC(=O)C2CCOCC2)c1)(C(C)C)C(C)C.Cn1nccc1-c1ccc(Sc2cccc(NC(=O)C3CCOCC3)c2)cc1Cl. The number of aromatic nitrogens is 2. The van der Waals surface area contributed by atoms with Crippen LogP contribution in [0.1, 0.15) is 67.2 Å². The first-order chi connectivity index (χ1) is 26.4. The van der Waals surface area contributed by atoms with Crippen LogP contribution in [0, 0.1) is 11.8 Å². The third-order valence-electron chi connectivity index (χ3n) is 10.7. The minimum atomic E-state index is -1.58. The van der Waals surface area contributed by atoms with E-state index in [4.69, 9.17) is 21.1 Å². The largest absolute Gasteiger partial charge is 0.381 e. The van der Waals surface area contributed by atoms with Crippen molar-refractivity contribution in [1.29, 1.82) is 0 Å². The van der Waals surface area contributed by atoms with Crippen molar-refractivity contribution in [2.45, 2.75) is 98.5 Å². The molecule has 1 aromatic heterocycles. The number of anilines is 2. The molecule has 0 aliphatic carbocycles. The molecule has 0 bridgehead atoms. The maximum absolute atomic E-state index is 12.5. The Hall–Kier alpha value is -3.06. The average molecular weight is 822 g/mol. The van der Waals surface area contributed by atoms with Crippen LogP contribution in [0.5, 0.6) is 0 Å². The number of hydrogen-bond acceptors (Lipinski definition) is 7. The number of carbonyl (C=O) groups excluding carboxylic acids is 2. The molecule has 0 radical (unpaired) electrons. The van der Waals surface area contributed by atoms with E-state index in [1.54, 1.807) is 22.6 Å². The van der Waals surface area contributed by atoms with Gasteiger partial charge in [-0.2, -0.15) is 16.3 Å². The van der Waals surface area contributed by atoms with Crippen LogP contribution < -0.4 is 10.6 Å². The van der Waals surface area contributed by atoms with Gasteiger partial charge in [0.05, 0.1) is 10.7 Å². The van der Waals surface area contributed by atoms with E-state index in [0.29, 0.717) is 48.1 Å². The Kier molecular flexibility index (Phi) is 16.0. The van der Waals surface area contributed by atoms with E-state index in [1.165, 1.54) is 4.90 Å². The first-order valence-electron chi connectivity index (χ1n) is 19.5. The molecule has 0 spiro atoms. The van der Waals surface area contributed by atoms with Crippen molar-refractivity contribution < 1.29 is 19.1 Å². The van der Waals surface area contributed by atoms with E-state index in [2.05, 4.69) is 86.7 Å². The third kappa shape index (κ3) is 11.5. The van der Waals surface area contributed by atoms with Gasteiger partial charge in [0.25, 0.3) is 0 Å². The zero-order chi connectivity index (χ0) is 39.5. The normalized spacial score (nSPS) is 15.5. The second kappa shape index (κ2) is 20.4. The molecule has 0 unspecified atom stereocenters. The van der Waals surface area contributed by atoms with Gasteiger partial charge in [0.1, 0.15) is 7.22 Å². The zero-order valence-electron chi connectivity index (χ0n) is 33.3. The van der Waals surface area contributed by atoms with Crippen LogP contribution in [0.3, 0.4) is 0 Å². The highest BCUT2D eigenvalue weighted by Gasteiger charge is 2.44. The Morgan fingerprint density at radius 1 is 0.727 bits per heavy atom. The van der Waals surface area contributed by atoms with Gasteiger partial charge in [-0.15, -0.1) is 0 Å². The summed E-state index contributed by atoms with van der Waals surface area (Å²) < 4.78 is 12.5. The van der Waals surface area contributed by atoms with Crippen LogP contribution in [-0.4, -0.2) is 55.2 Å². The van der Waals surface area contributed by atoms with Crippen molar-refractivity contribution in [1.82, 2.24) is 9.78 Å². The molecule has 0 atom stereocenters. The van der Waals surface area contributed by atoms with Crippen molar-refractivity contribution >= 4 is 65.0 Å². The fourth-order valence-electron chi connectivity index (χ4n) is 7.78. The number of carbonyl (C=O) groups is 2. The molecule has 3 heterocycles. The lowest BCUT2D eigenvalue weighted by molar-refractivity contribution is -0.123. The van der Waals surface area contributed by atoms with E-state index < -0.39 is 7.22 Å². The summed E-state index contributed by atoms with van der Waals surface area (Å²) in [6.07, 6.45) is 4.97. The van der Waals surface area contributed by atoms with Gasteiger partial charge in [-0.05, 0) is 96.9 Å². The molecule has 2 N–H and O–H groups in total. The molecule has 3 aromatic carbocycles. The number of halogens is 1. The van der Waals surface area contributed by atoms with E-state index in [-0.39, 0.29) is 23.7 Å². The number of nitrogens with zero attached hydrogens (tertiary/aromatic N) is 2. The van der Waals surface area contributed by atoms with Gasteiger partial charge >= 0.3 is 0 Å². The van der Waals surface area contributed by atoms with Gasteiger partial charge in [0, 0.05) is 83.1 Å². The minimum Gasteiger partial charge on any atom is -0.381 e. The summed E-state index contributed by atoms with van der Waals surface area (Å²) in [4.78, 5) is 28.4. The highest BCUT2D eigenvalue weighted by Crippen LogP contribution is 2.52. The Balaban J connectivity index is 0.000000213. The van der Waals surface area contributed by atoms with Gasteiger partial charge in [0.2, 0.25) is 11.8 Å². The summed E-state index contributed by atoms with van der Waals surface area (Å²) in [5, 5.41) is 11.1. The Morgan fingerprint density at radius 2 is 1.22 bits per heavy atom. The summed E-state index contributed by atoms with van der Waals surface area (Å²) in [6.45, 7) is 17.0. The van der Waals surface area contributed by atoms with Crippen molar-refractivity contribution in [2.75, 3.05) is 37.1 Å². The van der Waals surface area contributed by atoms with E-state index >= 15 is 0 Å². The number of rotatable bonds is 12. The Morgan fingerprint density at radius 3 is 1.69 bits per heavy atom. The summed E-state index contributed by atoms with van der Waals surface area (Å²) in [7, 11) is 0.321. The quantitative estimate of drug-likeness (QED) is 0.137. The lowest BCUT2D eigenvalue weighted by atomic mass is 9.99. The second-order valence-electron chi connectivity index (χ2n) is 15.3. The molecule has 0 saturated carbocycles. The molecule has 6 rings (SSSR count). The molecule has 12 heteroatoms. The van der Waals surface area contributed by atoms with Crippen molar-refractivity contribution in [2.24, 2.45) is 18.9 Å². The van der Waals surface area contributed by atoms with Gasteiger partial charge in [-0.1, -0.05) is 83.1 Å². The predicted octanol–water partition coefficient (Wildman–Crippen LogP) is 11.6. The topological polar surface area (TPSA) is 94.5 Å². The van der Waals surface area contributed by atoms with Crippen molar-refractivity contribution in [3.05, 3.63) is 84.0 Å². The second-order valence-corrected chi connectivity index (χ2v) is 25.4. The Labute approximate surface area is 341 Å². The van der Waals surface area contributed by atoms with Gasteiger partial charge in [-0.25, -0.2) is 0 Å². The standard InChI is InChI=1S/C22H22ClN3O2S.C21H35NO2SSi/c1-26-21(7-10-24-26)19-6-5-18(14-20(19)23)29-17-4-2-3-16(13-17)25-22(27)15-8-11-28-12-9-15;1-15(2)26(16(3)4,17(5)6)25-20-9-7-8-19(14-20)22-21(23)18-10-12-24-13-11-18/h2-7,10,13-15H,8-9,11-12H2,1H3,(H,25,27);7-9,14-18H,10-13H2,1-6H3,(H,22,23). The molecule has 2 fully saturated rings. The fourth-order valence-corrected chi connectivity index (χ4v) is 18.2. The van der Waals surface area contributed by atoms with Crippen molar-refractivity contribution in [3.63, 3.8) is 0 Å². The fraction of sp³-hybridized carbons (Fsp3) is 0.465. The highest BCUT2D eigenvalue weighted by molar-refractivity contribution is 8.29. The maximum atomic E-state index is 12.5. The molecule has 2 saturated heterocycles. The monoisotopic (exact) mass is 820 g/mol. The molecule has 2 aliphatic rings. The van der Waals surface area contributed by atoms with Crippen LogP contribution in [0.2, 0.25) is 21.6 Å². The van der Waals surface area contributed by atoms with Crippen LogP contribution in [0.15, 0.2) is 93.7 Å². The first kappa shape index (κ1) is 43.1. The van der Waals surface area contributed by atoms with Crippen LogP contribution in [0.25, 0.3) is 11.3 Å². The summed E-state index contributed by atoms with van der Waals surface area (Å²) in [5.74, 6) is 0.309. The highest BCUT2D eigenvalue weighted by atomic mass is 35.5. The number of amides is 2. The molecule has 296 valence electrons. The number of ether oxygens (including phenoxy) is 2. The van der Waals surface area contributed by atoms with E-state index in [1.807, 2.05) is 61.6 Å². The van der Waals surface area contributed by atoms with Crippen molar-refractivity contribution in [3.8, 4) is 11.3 Å².